The van der Waals surface area contributed by atoms with Crippen LogP contribution in [0.1, 0.15) is 12.0 Å². The molecule has 1 unspecified atom stereocenters. The van der Waals surface area contributed by atoms with Crippen LogP contribution in [0.5, 0.6) is 5.75 Å². The highest BCUT2D eigenvalue weighted by Gasteiger charge is 2.71. The summed E-state index contributed by atoms with van der Waals surface area (Å²) >= 11 is 0. The molecule has 15 heavy (non-hydrogen) atoms. The molecule has 0 saturated heterocycles. The minimum absolute atomic E-state index is 0.102. The van der Waals surface area contributed by atoms with Gasteiger partial charge in [-0.3, -0.25) is 0 Å². The van der Waals surface area contributed by atoms with Crippen molar-refractivity contribution in [3.63, 3.8) is 0 Å². The number of phenols is 1. The van der Waals surface area contributed by atoms with E-state index in [-0.39, 0.29) is 17.9 Å². The van der Waals surface area contributed by atoms with E-state index >= 15 is 0 Å². The zero-order valence-electron chi connectivity index (χ0n) is 7.80. The van der Waals surface area contributed by atoms with Crippen molar-refractivity contribution in [1.82, 2.24) is 0 Å². The van der Waals surface area contributed by atoms with Gasteiger partial charge in [0.05, 0.1) is 5.41 Å². The van der Waals surface area contributed by atoms with Gasteiger partial charge in [0, 0.05) is 18.5 Å². The fraction of sp³-hybridized carbons (Fsp3) is 0.400. The molecule has 82 valence electrons. The second kappa shape index (κ2) is 2.88. The monoisotopic (exact) mass is 217 g/mol. The van der Waals surface area contributed by atoms with Gasteiger partial charge in [0.2, 0.25) is 0 Å². The van der Waals surface area contributed by atoms with Crippen LogP contribution >= 0.6 is 0 Å². The van der Waals surface area contributed by atoms with Gasteiger partial charge in [0.25, 0.3) is 5.92 Å². The molecule has 0 heterocycles. The van der Waals surface area contributed by atoms with E-state index in [0.717, 1.165) is 18.2 Å². The molecule has 1 aromatic rings. The Morgan fingerprint density at radius 2 is 2.00 bits per heavy atom. The molecule has 3 N–H and O–H groups in total. The number of halogens is 3. The highest BCUT2D eigenvalue weighted by Crippen LogP contribution is 2.62. The van der Waals surface area contributed by atoms with Gasteiger partial charge in [-0.2, -0.15) is 0 Å². The summed E-state index contributed by atoms with van der Waals surface area (Å²) in [6, 6.07) is 3.00. The normalized spacial score (nSPS) is 27.7. The topological polar surface area (TPSA) is 46.2 Å². The zero-order valence-corrected chi connectivity index (χ0v) is 7.80. The van der Waals surface area contributed by atoms with Gasteiger partial charge in [-0.1, -0.05) is 0 Å². The quantitative estimate of drug-likeness (QED) is 0.793. The first kappa shape index (κ1) is 10.3. The number of hydrogen-bond donors (Lipinski definition) is 2. The second-order valence-electron chi connectivity index (χ2n) is 3.83. The Kier molecular flexibility index (Phi) is 1.98. The van der Waals surface area contributed by atoms with Crippen LogP contribution in [0.4, 0.5) is 13.2 Å². The number of alkyl halides is 2. The van der Waals surface area contributed by atoms with E-state index < -0.39 is 23.6 Å². The van der Waals surface area contributed by atoms with Crippen molar-refractivity contribution in [3.8, 4) is 5.75 Å². The largest absolute Gasteiger partial charge is 0.508 e. The third-order valence-corrected chi connectivity index (χ3v) is 2.92. The summed E-state index contributed by atoms with van der Waals surface area (Å²) in [5.74, 6) is -3.94. The summed E-state index contributed by atoms with van der Waals surface area (Å²) in [5, 5.41) is 9.42. The first-order valence-electron chi connectivity index (χ1n) is 4.50. The summed E-state index contributed by atoms with van der Waals surface area (Å²) in [6.07, 6.45) is -0.437. The molecule has 2 rings (SSSR count). The van der Waals surface area contributed by atoms with Crippen molar-refractivity contribution in [3.05, 3.63) is 29.6 Å². The van der Waals surface area contributed by atoms with Gasteiger partial charge in [-0.15, -0.1) is 0 Å². The number of hydrogen-bond acceptors (Lipinski definition) is 2. The molecule has 1 fully saturated rings. The van der Waals surface area contributed by atoms with Gasteiger partial charge in [0.1, 0.15) is 11.6 Å². The van der Waals surface area contributed by atoms with E-state index in [0.29, 0.717) is 0 Å². The molecular weight excluding hydrogens is 207 g/mol. The van der Waals surface area contributed by atoms with Crippen molar-refractivity contribution in [1.29, 1.82) is 0 Å². The summed E-state index contributed by atoms with van der Waals surface area (Å²) in [7, 11) is 0. The fourth-order valence-corrected chi connectivity index (χ4v) is 1.85. The van der Waals surface area contributed by atoms with Gasteiger partial charge < -0.3 is 10.8 Å². The maximum Gasteiger partial charge on any atom is 0.260 e. The molecule has 0 radical (unpaired) electrons. The average Bonchev–Trinajstić information content (AvgIpc) is 2.74. The second-order valence-corrected chi connectivity index (χ2v) is 3.83. The van der Waals surface area contributed by atoms with Gasteiger partial charge >= 0.3 is 0 Å². The van der Waals surface area contributed by atoms with Crippen LogP contribution in [0.25, 0.3) is 0 Å². The van der Waals surface area contributed by atoms with Crippen molar-refractivity contribution >= 4 is 0 Å². The number of phenolic OH excluding ortho intramolecular Hbond substituents is 1. The smallest absolute Gasteiger partial charge is 0.260 e. The zero-order chi connectivity index (χ0) is 11.3. The molecule has 1 atom stereocenters. The van der Waals surface area contributed by atoms with Crippen molar-refractivity contribution in [2.24, 2.45) is 5.73 Å². The van der Waals surface area contributed by atoms with Crippen LogP contribution in [0.3, 0.4) is 0 Å². The lowest BCUT2D eigenvalue weighted by molar-refractivity contribution is 0.0888. The number of rotatable bonds is 2. The molecule has 0 aromatic heterocycles. The summed E-state index contributed by atoms with van der Waals surface area (Å²) in [5.41, 5.74) is 3.60. The van der Waals surface area contributed by atoms with Crippen LogP contribution < -0.4 is 5.73 Å². The summed E-state index contributed by atoms with van der Waals surface area (Å²) < 4.78 is 39.2. The lowest BCUT2D eigenvalue weighted by atomic mass is 9.94. The van der Waals surface area contributed by atoms with Crippen molar-refractivity contribution in [2.45, 2.75) is 17.8 Å². The number of nitrogens with two attached hydrogens (primary N) is 1. The number of aromatic hydroxyl groups is 1. The van der Waals surface area contributed by atoms with Crippen molar-refractivity contribution < 1.29 is 18.3 Å². The Hall–Kier alpha value is -1.23. The molecule has 5 heteroatoms. The SMILES string of the molecule is NCC1(c2cc(F)ccc2O)CC1(F)F. The van der Waals surface area contributed by atoms with E-state index in [2.05, 4.69) is 0 Å². The van der Waals surface area contributed by atoms with Gasteiger partial charge in [-0.25, -0.2) is 13.2 Å². The summed E-state index contributed by atoms with van der Waals surface area (Å²) in [4.78, 5) is 0. The highest BCUT2D eigenvalue weighted by atomic mass is 19.3. The first-order chi connectivity index (χ1) is 6.93. The Bertz CT molecular complexity index is 408. The van der Waals surface area contributed by atoms with Gasteiger partial charge in [-0.05, 0) is 18.2 Å². The van der Waals surface area contributed by atoms with E-state index in [1.165, 1.54) is 0 Å². The predicted octanol–water partition coefficient (Wildman–Crippen LogP) is 1.77. The van der Waals surface area contributed by atoms with E-state index in [4.69, 9.17) is 5.73 Å². The highest BCUT2D eigenvalue weighted by molar-refractivity contribution is 5.47. The van der Waals surface area contributed by atoms with E-state index in [1.54, 1.807) is 0 Å². The molecule has 0 spiro atoms. The Labute approximate surface area is 84.5 Å². The van der Waals surface area contributed by atoms with Crippen LogP contribution in [0.15, 0.2) is 18.2 Å². The van der Waals surface area contributed by atoms with E-state index in [9.17, 15) is 18.3 Å². The number of benzene rings is 1. The first-order valence-corrected chi connectivity index (χ1v) is 4.50. The van der Waals surface area contributed by atoms with Crippen molar-refractivity contribution in [2.75, 3.05) is 6.54 Å². The Balaban J connectivity index is 2.50. The lowest BCUT2D eigenvalue weighted by Crippen LogP contribution is -2.27. The van der Waals surface area contributed by atoms with Crippen LogP contribution in [0, 0.1) is 5.82 Å². The van der Waals surface area contributed by atoms with Gasteiger partial charge in [0.15, 0.2) is 0 Å². The molecule has 0 aliphatic heterocycles. The molecule has 0 bridgehead atoms. The lowest BCUT2D eigenvalue weighted by Gasteiger charge is -2.15. The molecule has 1 aromatic carbocycles. The predicted molar refractivity (Wildman–Crippen MR) is 48.4 cm³/mol. The third-order valence-electron chi connectivity index (χ3n) is 2.92. The Morgan fingerprint density at radius 1 is 1.40 bits per heavy atom. The fourth-order valence-electron chi connectivity index (χ4n) is 1.85. The summed E-state index contributed by atoms with van der Waals surface area (Å²) in [6.45, 7) is -0.309. The van der Waals surface area contributed by atoms with E-state index in [1.807, 2.05) is 0 Å². The average molecular weight is 217 g/mol. The maximum absolute atomic E-state index is 13.1. The third kappa shape index (κ3) is 1.30. The minimum atomic E-state index is -2.95. The maximum atomic E-state index is 13.1. The Morgan fingerprint density at radius 3 is 2.47 bits per heavy atom. The molecule has 0 amide bonds. The van der Waals surface area contributed by atoms with Crippen LogP contribution in [0.2, 0.25) is 0 Å². The standard InChI is InChI=1S/C10H10F3NO/c11-6-1-2-8(15)7(3-6)9(5-14)4-10(9,12)13/h1-3,15H,4-5,14H2. The van der Waals surface area contributed by atoms with Crippen LogP contribution in [-0.2, 0) is 5.41 Å². The molecule has 1 aliphatic rings. The molecule has 1 aliphatic carbocycles. The molecule has 2 nitrogen and oxygen atoms in total. The molecule has 1 saturated carbocycles. The van der Waals surface area contributed by atoms with Crippen LogP contribution in [-0.4, -0.2) is 17.6 Å². The molecular formula is C10H10F3NO. The minimum Gasteiger partial charge on any atom is -0.508 e.